The highest BCUT2D eigenvalue weighted by Gasteiger charge is 2.33. The van der Waals surface area contributed by atoms with E-state index >= 15 is 0 Å². The fourth-order valence-electron chi connectivity index (χ4n) is 6.62. The summed E-state index contributed by atoms with van der Waals surface area (Å²) in [5.74, 6) is 0. The van der Waals surface area contributed by atoms with Gasteiger partial charge in [-0.25, -0.2) is 4.70 Å². The first-order valence-corrected chi connectivity index (χ1v) is 19.6. The van der Waals surface area contributed by atoms with Crippen LogP contribution < -0.4 is 0 Å². The molecule has 1 heterocycles. The molecule has 2 aromatic rings. The van der Waals surface area contributed by atoms with Gasteiger partial charge >= 0.3 is 0 Å². The fourth-order valence-corrected chi connectivity index (χ4v) is 6.62. The Labute approximate surface area is 289 Å². The molecule has 0 saturated heterocycles. The van der Waals surface area contributed by atoms with Gasteiger partial charge in [-0.05, 0) is 86.8 Å². The average molecular weight is 635 g/mol. The number of benzene rings is 2. The largest absolute Gasteiger partial charge is 0.493 e. The molecule has 0 amide bonds. The van der Waals surface area contributed by atoms with Crippen LogP contribution in [-0.2, 0) is 12.8 Å². The molecule has 1 aliphatic rings. The lowest BCUT2D eigenvalue weighted by molar-refractivity contribution is -0.344. The van der Waals surface area contributed by atoms with Gasteiger partial charge in [0.25, 0.3) is 0 Å². The molecular weight excluding hydrogens is 569 g/mol. The topological polar surface area (TPSA) is 25.3 Å². The third-order valence-corrected chi connectivity index (χ3v) is 9.56. The van der Waals surface area contributed by atoms with E-state index in [4.69, 9.17) is 0 Å². The molecule has 0 fully saturated rings. The van der Waals surface area contributed by atoms with Gasteiger partial charge < -0.3 is 5.53 Å². The molecule has 0 unspecified atom stereocenters. The maximum atomic E-state index is 12.1. The monoisotopic (exact) mass is 635 g/mol. The van der Waals surface area contributed by atoms with Crippen LogP contribution in [0, 0.1) is 0 Å². The summed E-state index contributed by atoms with van der Waals surface area (Å²) in [4.78, 5) is 0. The first kappa shape index (κ1) is 38.4. The molecule has 0 aromatic heterocycles. The summed E-state index contributed by atoms with van der Waals surface area (Å²) in [5, 5.41) is 0. The number of hydrogen-bond acceptors (Lipinski definition) is 0. The number of unbranched alkanes of at least 4 members (excludes halogenated alkanes) is 15. The van der Waals surface area contributed by atoms with Crippen molar-refractivity contribution >= 4 is 11.4 Å². The lowest BCUT2D eigenvalue weighted by atomic mass is 9.96. The zero-order chi connectivity index (χ0) is 33.5. The van der Waals surface area contributed by atoms with Crippen LogP contribution in [0.5, 0.6) is 0 Å². The van der Waals surface area contributed by atoms with E-state index in [1.165, 1.54) is 125 Å². The molecular formula is C45H66N2. The lowest BCUT2D eigenvalue weighted by Crippen LogP contribution is -2.03. The summed E-state index contributed by atoms with van der Waals surface area (Å²) in [6.45, 7) is 9.06. The number of rotatable bonds is 25. The highest BCUT2D eigenvalue weighted by atomic mass is 15.2. The fraction of sp³-hybridized carbons (Fsp3) is 0.556. The van der Waals surface area contributed by atoms with Gasteiger partial charge in [0, 0.05) is 11.1 Å². The van der Waals surface area contributed by atoms with E-state index in [1.54, 1.807) is 0 Å². The van der Waals surface area contributed by atoms with Crippen molar-refractivity contribution in [1.29, 1.82) is 0 Å². The van der Waals surface area contributed by atoms with Gasteiger partial charge in [0.2, 0.25) is 11.4 Å². The van der Waals surface area contributed by atoms with Crippen LogP contribution >= 0.6 is 0 Å². The van der Waals surface area contributed by atoms with E-state index < -0.39 is 0 Å². The molecule has 3 rings (SSSR count). The van der Waals surface area contributed by atoms with Gasteiger partial charge in [-0.1, -0.05) is 160 Å². The SMILES string of the molecule is CCCCCCC=CC1=C(c2cccc(CCCC)c2)[N+](=[N-])C(c2ccc(CCCC)cc2)=C1C=CCCCCCCCCCCC. The molecule has 0 atom stereocenters. The molecule has 1 aliphatic heterocycles. The number of allylic oxidation sites excluding steroid dienone is 6. The van der Waals surface area contributed by atoms with Gasteiger partial charge in [0.1, 0.15) is 0 Å². The minimum Gasteiger partial charge on any atom is -0.493 e. The van der Waals surface area contributed by atoms with E-state index in [9.17, 15) is 5.53 Å². The number of aryl methyl sites for hydroxylation is 2. The summed E-state index contributed by atoms with van der Waals surface area (Å²) in [6.07, 6.45) is 35.5. The second-order valence-corrected chi connectivity index (χ2v) is 13.7. The summed E-state index contributed by atoms with van der Waals surface area (Å²) in [5.41, 5.74) is 21.0. The maximum Gasteiger partial charge on any atom is 0.215 e. The van der Waals surface area contributed by atoms with Crippen molar-refractivity contribution in [2.75, 3.05) is 0 Å². The lowest BCUT2D eigenvalue weighted by Gasteiger charge is -2.11. The average Bonchev–Trinajstić information content (AvgIpc) is 3.37. The Hall–Kier alpha value is -3.00. The minimum absolute atomic E-state index is 0.898. The van der Waals surface area contributed by atoms with Crippen molar-refractivity contribution in [3.05, 3.63) is 112 Å². The third-order valence-electron chi connectivity index (χ3n) is 9.56. The van der Waals surface area contributed by atoms with Crippen LogP contribution in [0.1, 0.15) is 172 Å². The van der Waals surface area contributed by atoms with Crippen LogP contribution in [0.4, 0.5) is 0 Å². The Morgan fingerprint density at radius 1 is 0.489 bits per heavy atom. The maximum absolute atomic E-state index is 12.1. The standard InChI is InChI=1S/C45H66N2/c1-5-9-13-15-17-18-19-20-21-23-25-31-42-43(32-24-22-16-14-10-6-2)45(41-30-26-29-39(37-41)28-12-8-4)47(46)44(42)40-35-33-38(34-36-40)27-11-7-3/h24-26,29-37H,5-23,27-28H2,1-4H3. The van der Waals surface area contributed by atoms with Crippen molar-refractivity contribution in [1.82, 2.24) is 0 Å². The molecule has 0 radical (unpaired) electrons. The predicted molar refractivity (Wildman–Crippen MR) is 206 cm³/mol. The zero-order valence-corrected chi connectivity index (χ0v) is 30.7. The molecule has 256 valence electrons. The number of nitrogens with zero attached hydrogens (tertiary/aromatic N) is 2. The van der Waals surface area contributed by atoms with Crippen molar-refractivity contribution in [3.8, 4) is 0 Å². The third kappa shape index (κ3) is 13.2. The molecule has 2 aromatic carbocycles. The molecule has 0 bridgehead atoms. The van der Waals surface area contributed by atoms with Crippen molar-refractivity contribution in [2.45, 2.75) is 163 Å². The summed E-state index contributed by atoms with van der Waals surface area (Å²) in [7, 11) is 0. The molecule has 2 nitrogen and oxygen atoms in total. The first-order chi connectivity index (χ1) is 23.1. The molecule has 0 spiro atoms. The Balaban J connectivity index is 1.92. The van der Waals surface area contributed by atoms with Crippen LogP contribution in [0.2, 0.25) is 0 Å². The zero-order valence-electron chi connectivity index (χ0n) is 30.7. The van der Waals surface area contributed by atoms with Crippen molar-refractivity contribution < 1.29 is 4.70 Å². The van der Waals surface area contributed by atoms with Gasteiger partial charge in [0.15, 0.2) is 0 Å². The van der Waals surface area contributed by atoms with Gasteiger partial charge in [-0.15, -0.1) is 0 Å². The van der Waals surface area contributed by atoms with Crippen LogP contribution in [0.3, 0.4) is 0 Å². The first-order valence-electron chi connectivity index (χ1n) is 19.6. The second kappa shape index (κ2) is 23.3. The molecule has 0 N–H and O–H groups in total. The smallest absolute Gasteiger partial charge is 0.215 e. The minimum atomic E-state index is 0.898. The Morgan fingerprint density at radius 2 is 0.957 bits per heavy atom. The van der Waals surface area contributed by atoms with Crippen molar-refractivity contribution in [2.24, 2.45) is 0 Å². The second-order valence-electron chi connectivity index (χ2n) is 13.7. The van der Waals surface area contributed by atoms with Gasteiger partial charge in [0.05, 0.1) is 11.1 Å². The molecule has 47 heavy (non-hydrogen) atoms. The highest BCUT2D eigenvalue weighted by Crippen LogP contribution is 2.42. The van der Waals surface area contributed by atoms with E-state index in [0.29, 0.717) is 0 Å². The molecule has 0 saturated carbocycles. The molecule has 2 heteroatoms. The number of hydrogen-bond donors (Lipinski definition) is 0. The highest BCUT2D eigenvalue weighted by molar-refractivity contribution is 5.86. The summed E-state index contributed by atoms with van der Waals surface area (Å²) in [6, 6.07) is 17.8. The Kier molecular flexibility index (Phi) is 19.1. The van der Waals surface area contributed by atoms with E-state index in [0.717, 1.165) is 59.4 Å². The quantitative estimate of drug-likeness (QED) is 0.0767. The normalized spacial score (nSPS) is 13.7. The Morgan fingerprint density at radius 3 is 1.51 bits per heavy atom. The van der Waals surface area contributed by atoms with Crippen molar-refractivity contribution in [3.63, 3.8) is 0 Å². The van der Waals surface area contributed by atoms with Gasteiger partial charge in [-0.3, -0.25) is 0 Å². The molecule has 0 aliphatic carbocycles. The summed E-state index contributed by atoms with van der Waals surface area (Å²) < 4.78 is 1.49. The van der Waals surface area contributed by atoms with Crippen LogP contribution in [-0.4, -0.2) is 4.70 Å². The Bertz CT molecular complexity index is 1300. The van der Waals surface area contributed by atoms with Gasteiger partial charge in [-0.2, -0.15) is 0 Å². The van der Waals surface area contributed by atoms with E-state index in [1.807, 2.05) is 0 Å². The predicted octanol–water partition coefficient (Wildman–Crippen LogP) is 14.5. The summed E-state index contributed by atoms with van der Waals surface area (Å²) >= 11 is 0. The van der Waals surface area contributed by atoms with E-state index in [2.05, 4.69) is 101 Å². The van der Waals surface area contributed by atoms with Crippen LogP contribution in [0.25, 0.3) is 16.9 Å². The van der Waals surface area contributed by atoms with E-state index in [-0.39, 0.29) is 0 Å². The van der Waals surface area contributed by atoms with Crippen LogP contribution in [0.15, 0.2) is 84.0 Å².